The van der Waals surface area contributed by atoms with Crippen molar-refractivity contribution < 1.29 is 13.6 Å². The number of anilines is 1. The van der Waals surface area contributed by atoms with E-state index in [0.717, 1.165) is 12.1 Å². The Balaban J connectivity index is 2.65. The summed E-state index contributed by atoms with van der Waals surface area (Å²) in [5.41, 5.74) is 5.60. The van der Waals surface area contributed by atoms with Crippen molar-refractivity contribution in [1.82, 2.24) is 0 Å². The average molecular weight is 256 g/mol. The molecule has 0 spiro atoms. The number of nitrogens with two attached hydrogens (primary N) is 1. The molecular weight excluding hydrogens is 238 g/mol. The third-order valence-electron chi connectivity index (χ3n) is 2.72. The minimum absolute atomic E-state index is 0.0393. The maximum absolute atomic E-state index is 13.3. The fourth-order valence-electron chi connectivity index (χ4n) is 1.30. The van der Waals surface area contributed by atoms with Crippen LogP contribution in [-0.2, 0) is 4.79 Å². The molecule has 3 nitrogen and oxygen atoms in total. The Labute approximate surface area is 105 Å². The lowest BCUT2D eigenvalue weighted by Crippen LogP contribution is -2.38. The fraction of sp³-hybridized carbons (Fsp3) is 0.462. The zero-order valence-electron chi connectivity index (χ0n) is 10.8. The number of amides is 1. The second-order valence-corrected chi connectivity index (χ2v) is 5.35. The fourth-order valence-corrected chi connectivity index (χ4v) is 1.30. The topological polar surface area (TPSA) is 55.1 Å². The third-order valence-corrected chi connectivity index (χ3v) is 2.72. The Morgan fingerprint density at radius 3 is 2.50 bits per heavy atom. The van der Waals surface area contributed by atoms with Gasteiger partial charge in [0.2, 0.25) is 5.91 Å². The number of halogens is 2. The molecule has 0 saturated carbocycles. The SMILES string of the molecule is CC(C)(C)C(N)CC(=O)Nc1ccc(F)cc1F. The van der Waals surface area contributed by atoms with Crippen molar-refractivity contribution in [2.24, 2.45) is 11.1 Å². The van der Waals surface area contributed by atoms with E-state index in [0.29, 0.717) is 0 Å². The first-order valence-corrected chi connectivity index (χ1v) is 5.70. The van der Waals surface area contributed by atoms with Crippen LogP contribution in [0.25, 0.3) is 0 Å². The summed E-state index contributed by atoms with van der Waals surface area (Å²) in [5.74, 6) is -1.87. The van der Waals surface area contributed by atoms with Crippen molar-refractivity contribution >= 4 is 11.6 Å². The van der Waals surface area contributed by atoms with Crippen LogP contribution in [0.1, 0.15) is 27.2 Å². The Bertz CT molecular complexity index is 441. The van der Waals surface area contributed by atoms with Gasteiger partial charge in [-0.3, -0.25) is 4.79 Å². The Kier molecular flexibility index (Phi) is 4.40. The number of rotatable bonds is 3. The first-order chi connectivity index (χ1) is 8.20. The normalized spacial score (nSPS) is 13.2. The van der Waals surface area contributed by atoms with Gasteiger partial charge in [-0.05, 0) is 17.5 Å². The molecule has 0 heterocycles. The van der Waals surface area contributed by atoms with E-state index in [1.807, 2.05) is 20.8 Å². The molecule has 0 bridgehead atoms. The van der Waals surface area contributed by atoms with E-state index in [1.165, 1.54) is 6.07 Å². The molecule has 0 aromatic heterocycles. The van der Waals surface area contributed by atoms with Gasteiger partial charge < -0.3 is 11.1 Å². The van der Waals surface area contributed by atoms with E-state index in [4.69, 9.17) is 5.73 Å². The van der Waals surface area contributed by atoms with Crippen molar-refractivity contribution in [3.05, 3.63) is 29.8 Å². The first kappa shape index (κ1) is 14.6. The van der Waals surface area contributed by atoms with Crippen molar-refractivity contribution in [2.45, 2.75) is 33.2 Å². The smallest absolute Gasteiger partial charge is 0.226 e. The van der Waals surface area contributed by atoms with Gasteiger partial charge in [-0.15, -0.1) is 0 Å². The Hall–Kier alpha value is -1.49. The van der Waals surface area contributed by atoms with Gasteiger partial charge in [-0.2, -0.15) is 0 Å². The summed E-state index contributed by atoms with van der Waals surface area (Å²) >= 11 is 0. The number of hydrogen-bond donors (Lipinski definition) is 2. The summed E-state index contributed by atoms with van der Waals surface area (Å²) < 4.78 is 26.0. The predicted molar refractivity (Wildman–Crippen MR) is 67.0 cm³/mol. The maximum Gasteiger partial charge on any atom is 0.226 e. The van der Waals surface area contributed by atoms with Gasteiger partial charge in [0.05, 0.1) is 5.69 Å². The van der Waals surface area contributed by atoms with Gasteiger partial charge in [-0.1, -0.05) is 20.8 Å². The van der Waals surface area contributed by atoms with E-state index in [9.17, 15) is 13.6 Å². The van der Waals surface area contributed by atoms with Crippen LogP contribution in [0, 0.1) is 17.0 Å². The van der Waals surface area contributed by atoms with Crippen molar-refractivity contribution in [3.8, 4) is 0 Å². The maximum atomic E-state index is 13.3. The van der Waals surface area contributed by atoms with Gasteiger partial charge in [0.1, 0.15) is 11.6 Å². The highest BCUT2D eigenvalue weighted by atomic mass is 19.1. The monoisotopic (exact) mass is 256 g/mol. The van der Waals surface area contributed by atoms with Crippen LogP contribution in [0.3, 0.4) is 0 Å². The molecule has 0 aliphatic rings. The zero-order chi connectivity index (χ0) is 13.9. The van der Waals surface area contributed by atoms with E-state index < -0.39 is 11.6 Å². The van der Waals surface area contributed by atoms with Crippen LogP contribution in [0.15, 0.2) is 18.2 Å². The molecule has 3 N–H and O–H groups in total. The van der Waals surface area contributed by atoms with Crippen LogP contribution in [0.2, 0.25) is 0 Å². The summed E-state index contributed by atoms with van der Waals surface area (Å²) in [6, 6.07) is 2.66. The number of carbonyl (C=O) groups excluding carboxylic acids is 1. The van der Waals surface area contributed by atoms with Gasteiger partial charge in [-0.25, -0.2) is 8.78 Å². The van der Waals surface area contributed by atoms with E-state index in [-0.39, 0.29) is 29.5 Å². The molecule has 5 heteroatoms. The number of carbonyl (C=O) groups is 1. The van der Waals surface area contributed by atoms with E-state index >= 15 is 0 Å². The molecule has 1 amide bonds. The molecule has 0 saturated heterocycles. The van der Waals surface area contributed by atoms with Crippen molar-refractivity contribution in [2.75, 3.05) is 5.32 Å². The summed E-state index contributed by atoms with van der Waals surface area (Å²) in [5, 5.41) is 2.38. The summed E-state index contributed by atoms with van der Waals surface area (Å²) in [6.07, 6.45) is 0.0836. The van der Waals surface area contributed by atoms with Crippen LogP contribution in [0.4, 0.5) is 14.5 Å². The minimum atomic E-state index is -0.798. The first-order valence-electron chi connectivity index (χ1n) is 5.70. The number of nitrogens with one attached hydrogen (secondary N) is 1. The van der Waals surface area contributed by atoms with Gasteiger partial charge in [0.15, 0.2) is 0 Å². The standard InChI is InChI=1S/C13H18F2N2O/c1-13(2,3)11(16)7-12(18)17-10-5-4-8(14)6-9(10)15/h4-6,11H,7,16H2,1-3H3,(H,17,18). The van der Waals surface area contributed by atoms with Crippen LogP contribution in [0.5, 0.6) is 0 Å². The van der Waals surface area contributed by atoms with Crippen molar-refractivity contribution in [3.63, 3.8) is 0 Å². The predicted octanol–water partition coefficient (Wildman–Crippen LogP) is 2.67. The van der Waals surface area contributed by atoms with Crippen LogP contribution >= 0.6 is 0 Å². The average Bonchev–Trinajstić information content (AvgIpc) is 2.20. The highest BCUT2D eigenvalue weighted by Gasteiger charge is 2.23. The number of benzene rings is 1. The Morgan fingerprint density at radius 2 is 2.00 bits per heavy atom. The molecule has 1 atom stereocenters. The van der Waals surface area contributed by atoms with E-state index in [2.05, 4.69) is 5.32 Å². The van der Waals surface area contributed by atoms with Gasteiger partial charge in [0, 0.05) is 18.5 Å². The van der Waals surface area contributed by atoms with Crippen LogP contribution < -0.4 is 11.1 Å². The second kappa shape index (κ2) is 5.44. The lowest BCUT2D eigenvalue weighted by Gasteiger charge is -2.26. The molecule has 1 aromatic rings. The molecule has 1 aromatic carbocycles. The molecule has 1 unspecified atom stereocenters. The summed E-state index contributed by atoms with van der Waals surface area (Å²) in [4.78, 5) is 11.7. The molecule has 0 fully saturated rings. The van der Waals surface area contributed by atoms with Crippen LogP contribution in [-0.4, -0.2) is 11.9 Å². The molecule has 100 valence electrons. The highest BCUT2D eigenvalue weighted by Crippen LogP contribution is 2.21. The van der Waals surface area contributed by atoms with Gasteiger partial charge in [0.25, 0.3) is 0 Å². The molecule has 0 aliphatic heterocycles. The molecule has 0 radical (unpaired) electrons. The van der Waals surface area contributed by atoms with E-state index in [1.54, 1.807) is 0 Å². The quantitative estimate of drug-likeness (QED) is 0.873. The lowest BCUT2D eigenvalue weighted by molar-refractivity contribution is -0.117. The largest absolute Gasteiger partial charge is 0.327 e. The summed E-state index contributed by atoms with van der Waals surface area (Å²) in [6.45, 7) is 5.76. The lowest BCUT2D eigenvalue weighted by atomic mass is 9.85. The summed E-state index contributed by atoms with van der Waals surface area (Å²) in [7, 11) is 0. The Morgan fingerprint density at radius 1 is 1.39 bits per heavy atom. The molecule has 1 rings (SSSR count). The molecular formula is C13H18F2N2O. The minimum Gasteiger partial charge on any atom is -0.327 e. The number of hydrogen-bond acceptors (Lipinski definition) is 2. The second-order valence-electron chi connectivity index (χ2n) is 5.35. The highest BCUT2D eigenvalue weighted by molar-refractivity contribution is 5.91. The molecule has 18 heavy (non-hydrogen) atoms. The zero-order valence-corrected chi connectivity index (χ0v) is 10.8. The third kappa shape index (κ3) is 4.07. The van der Waals surface area contributed by atoms with Crippen molar-refractivity contribution in [1.29, 1.82) is 0 Å². The van der Waals surface area contributed by atoms with Gasteiger partial charge >= 0.3 is 0 Å². The molecule has 0 aliphatic carbocycles.